The molecule has 1 saturated heterocycles. The lowest BCUT2D eigenvalue weighted by atomic mass is 10.1. The summed E-state index contributed by atoms with van der Waals surface area (Å²) in [6.07, 6.45) is 1.53. The second kappa shape index (κ2) is 6.78. The van der Waals surface area contributed by atoms with Crippen LogP contribution in [0, 0.1) is 24.0 Å². The van der Waals surface area contributed by atoms with Crippen LogP contribution in [0.2, 0.25) is 0 Å². The van der Waals surface area contributed by atoms with Crippen molar-refractivity contribution in [1.82, 2.24) is 0 Å². The predicted molar refractivity (Wildman–Crippen MR) is 105 cm³/mol. The molecule has 0 aromatic heterocycles. The van der Waals surface area contributed by atoms with Crippen LogP contribution in [-0.2, 0) is 4.79 Å². The molecule has 0 unspecified atom stereocenters. The van der Waals surface area contributed by atoms with Gasteiger partial charge in [-0.3, -0.25) is 19.8 Å². The van der Waals surface area contributed by atoms with E-state index < -0.39 is 4.92 Å². The van der Waals surface area contributed by atoms with Gasteiger partial charge in [-0.15, -0.1) is 0 Å². The van der Waals surface area contributed by atoms with Crippen LogP contribution in [0.1, 0.15) is 16.7 Å². The Morgan fingerprint density at radius 1 is 1.16 bits per heavy atom. The van der Waals surface area contributed by atoms with Gasteiger partial charge in [-0.25, -0.2) is 0 Å². The van der Waals surface area contributed by atoms with Gasteiger partial charge in [0.05, 0.1) is 21.1 Å². The van der Waals surface area contributed by atoms with Gasteiger partial charge < -0.3 is 0 Å². The van der Waals surface area contributed by atoms with Gasteiger partial charge in [-0.1, -0.05) is 42.2 Å². The van der Waals surface area contributed by atoms with Crippen LogP contribution >= 0.6 is 24.0 Å². The molecule has 1 aliphatic heterocycles. The summed E-state index contributed by atoms with van der Waals surface area (Å²) in [6, 6.07) is 12.1. The molecule has 1 amide bonds. The lowest BCUT2D eigenvalue weighted by Gasteiger charge is -2.16. The number of nitrogens with zero attached hydrogens (tertiary/aromatic N) is 2. The van der Waals surface area contributed by atoms with Crippen molar-refractivity contribution in [2.75, 3.05) is 4.90 Å². The minimum absolute atomic E-state index is 0.0424. The molecule has 0 radical (unpaired) electrons. The molecule has 0 atom stereocenters. The fraction of sp³-hybridized carbons (Fsp3) is 0.111. The van der Waals surface area contributed by atoms with E-state index in [1.54, 1.807) is 18.2 Å². The summed E-state index contributed by atoms with van der Waals surface area (Å²) in [4.78, 5) is 25.3. The zero-order chi connectivity index (χ0) is 18.1. The van der Waals surface area contributed by atoms with E-state index >= 15 is 0 Å². The Kier molecular flexibility index (Phi) is 4.69. The Balaban J connectivity index is 2.01. The number of rotatable bonds is 3. The molecule has 0 aliphatic carbocycles. The normalized spacial score (nSPS) is 15.9. The number of hydrogen-bond acceptors (Lipinski definition) is 5. The van der Waals surface area contributed by atoms with Crippen LogP contribution in [0.4, 0.5) is 11.4 Å². The molecular weight excluding hydrogens is 356 g/mol. The van der Waals surface area contributed by atoms with Crippen molar-refractivity contribution in [3.05, 3.63) is 74.2 Å². The summed E-state index contributed by atoms with van der Waals surface area (Å²) >= 11 is 6.51. The Labute approximate surface area is 154 Å². The molecule has 7 heteroatoms. The van der Waals surface area contributed by atoms with Gasteiger partial charge in [0.25, 0.3) is 11.6 Å². The second-order valence-corrected chi connectivity index (χ2v) is 7.35. The number of carbonyl (C=O) groups excluding carboxylic acids is 1. The van der Waals surface area contributed by atoms with Crippen LogP contribution in [0.25, 0.3) is 6.08 Å². The molecule has 0 bridgehead atoms. The maximum absolute atomic E-state index is 12.8. The second-order valence-electron chi connectivity index (χ2n) is 5.68. The zero-order valence-corrected chi connectivity index (χ0v) is 15.2. The van der Waals surface area contributed by atoms with E-state index in [2.05, 4.69) is 0 Å². The van der Waals surface area contributed by atoms with Crippen LogP contribution in [0.5, 0.6) is 0 Å². The SMILES string of the molecule is Cc1cc(C)cc(N2C(=O)/C(=C/c3ccccc3[N+](=O)[O-])SC2=S)c1. The number of anilines is 1. The molecule has 1 heterocycles. The lowest BCUT2D eigenvalue weighted by Crippen LogP contribution is -2.27. The van der Waals surface area contributed by atoms with E-state index in [-0.39, 0.29) is 11.6 Å². The predicted octanol–water partition coefficient (Wildman–Crippen LogP) is 4.62. The smallest absolute Gasteiger partial charge is 0.268 e. The highest BCUT2D eigenvalue weighted by Crippen LogP contribution is 2.37. The molecule has 1 aliphatic rings. The summed E-state index contributed by atoms with van der Waals surface area (Å²) in [5.74, 6) is -0.266. The van der Waals surface area contributed by atoms with E-state index in [0.717, 1.165) is 22.9 Å². The third-order valence-corrected chi connectivity index (χ3v) is 4.98. The number of nitro benzene ring substituents is 1. The Morgan fingerprint density at radius 2 is 1.80 bits per heavy atom. The van der Waals surface area contributed by atoms with E-state index in [4.69, 9.17) is 12.2 Å². The maximum Gasteiger partial charge on any atom is 0.276 e. The molecule has 0 spiro atoms. The molecule has 1 fully saturated rings. The Bertz CT molecular complexity index is 917. The number of thioether (sulfide) groups is 1. The number of aryl methyl sites for hydroxylation is 2. The van der Waals surface area contributed by atoms with Crippen molar-refractivity contribution in [3.8, 4) is 0 Å². The van der Waals surface area contributed by atoms with Crippen LogP contribution < -0.4 is 4.90 Å². The van der Waals surface area contributed by atoms with Crippen molar-refractivity contribution >= 4 is 51.7 Å². The summed E-state index contributed by atoms with van der Waals surface area (Å²) in [5.41, 5.74) is 3.12. The van der Waals surface area contributed by atoms with E-state index in [0.29, 0.717) is 20.5 Å². The fourth-order valence-corrected chi connectivity index (χ4v) is 3.98. The number of hydrogen-bond donors (Lipinski definition) is 0. The molecule has 2 aromatic carbocycles. The van der Waals surface area contributed by atoms with Crippen molar-refractivity contribution < 1.29 is 9.72 Å². The van der Waals surface area contributed by atoms with Crippen LogP contribution in [-0.4, -0.2) is 15.2 Å². The Hall–Kier alpha value is -2.51. The van der Waals surface area contributed by atoms with E-state index in [9.17, 15) is 14.9 Å². The molecular formula is C18H14N2O3S2. The lowest BCUT2D eigenvalue weighted by molar-refractivity contribution is -0.385. The Morgan fingerprint density at radius 3 is 2.44 bits per heavy atom. The topological polar surface area (TPSA) is 63.5 Å². The third kappa shape index (κ3) is 3.47. The zero-order valence-electron chi connectivity index (χ0n) is 13.6. The minimum Gasteiger partial charge on any atom is -0.268 e. The van der Waals surface area contributed by atoms with E-state index in [1.807, 2.05) is 32.0 Å². The third-order valence-electron chi connectivity index (χ3n) is 3.68. The number of para-hydroxylation sites is 1. The van der Waals surface area contributed by atoms with Crippen LogP contribution in [0.3, 0.4) is 0 Å². The highest BCUT2D eigenvalue weighted by Gasteiger charge is 2.34. The first-order valence-corrected chi connectivity index (χ1v) is 8.69. The van der Waals surface area contributed by atoms with Gasteiger partial charge in [0.1, 0.15) is 0 Å². The molecule has 0 N–H and O–H groups in total. The summed E-state index contributed by atoms with van der Waals surface area (Å²) in [5, 5.41) is 11.2. The minimum atomic E-state index is -0.462. The van der Waals surface area contributed by atoms with Gasteiger partial charge in [-0.05, 0) is 49.2 Å². The van der Waals surface area contributed by atoms with Crippen molar-refractivity contribution in [3.63, 3.8) is 0 Å². The average Bonchev–Trinajstić information content (AvgIpc) is 2.80. The molecule has 2 aromatic rings. The number of amides is 1. The first-order valence-electron chi connectivity index (χ1n) is 7.46. The highest BCUT2D eigenvalue weighted by atomic mass is 32.2. The standard InChI is InChI=1S/C18H14N2O3S2/c1-11-7-12(2)9-14(8-11)19-17(21)16(25-18(19)24)10-13-5-3-4-6-15(13)20(22)23/h3-10H,1-2H3/b16-10-. The largest absolute Gasteiger partial charge is 0.276 e. The molecule has 25 heavy (non-hydrogen) atoms. The maximum atomic E-state index is 12.8. The van der Waals surface area contributed by atoms with E-state index in [1.165, 1.54) is 17.0 Å². The van der Waals surface area contributed by atoms with Crippen molar-refractivity contribution in [1.29, 1.82) is 0 Å². The first-order chi connectivity index (χ1) is 11.9. The fourth-order valence-electron chi connectivity index (χ4n) is 2.69. The van der Waals surface area contributed by atoms with Gasteiger partial charge in [0.15, 0.2) is 4.32 Å². The number of thiocarbonyl (C=S) groups is 1. The number of benzene rings is 2. The highest BCUT2D eigenvalue weighted by molar-refractivity contribution is 8.27. The number of nitro groups is 1. The monoisotopic (exact) mass is 370 g/mol. The van der Waals surface area contributed by atoms with Crippen LogP contribution in [0.15, 0.2) is 47.4 Å². The summed E-state index contributed by atoms with van der Waals surface area (Å²) < 4.78 is 0.417. The summed E-state index contributed by atoms with van der Waals surface area (Å²) in [6.45, 7) is 3.91. The molecule has 0 saturated carbocycles. The van der Waals surface area contributed by atoms with Gasteiger partial charge in [-0.2, -0.15) is 0 Å². The molecule has 126 valence electrons. The molecule has 3 rings (SSSR count). The van der Waals surface area contributed by atoms with Gasteiger partial charge in [0, 0.05) is 6.07 Å². The molecule has 5 nitrogen and oxygen atoms in total. The van der Waals surface area contributed by atoms with Crippen molar-refractivity contribution in [2.24, 2.45) is 0 Å². The van der Waals surface area contributed by atoms with Gasteiger partial charge in [0.2, 0.25) is 0 Å². The summed E-state index contributed by atoms with van der Waals surface area (Å²) in [7, 11) is 0. The van der Waals surface area contributed by atoms with Crippen molar-refractivity contribution in [2.45, 2.75) is 13.8 Å². The van der Waals surface area contributed by atoms with Gasteiger partial charge >= 0.3 is 0 Å². The average molecular weight is 370 g/mol. The quantitative estimate of drug-likeness (QED) is 0.341. The first kappa shape index (κ1) is 17.3. The number of carbonyl (C=O) groups is 1.